The van der Waals surface area contributed by atoms with Crippen molar-refractivity contribution in [3.63, 3.8) is 0 Å². The zero-order valence-corrected chi connectivity index (χ0v) is 13.5. The number of hydrogen-bond acceptors (Lipinski definition) is 6. The molecule has 0 aliphatic carbocycles. The van der Waals surface area contributed by atoms with Crippen LogP contribution in [0.5, 0.6) is 5.75 Å². The summed E-state index contributed by atoms with van der Waals surface area (Å²) in [4.78, 5) is 0. The van der Waals surface area contributed by atoms with Crippen LogP contribution in [0.25, 0.3) is 0 Å². The Hall–Kier alpha value is -1.18. The fourth-order valence-electron chi connectivity index (χ4n) is 2.49. The van der Waals surface area contributed by atoms with E-state index in [0.29, 0.717) is 18.1 Å². The molecule has 4 N–H and O–H groups in total. The number of rotatable bonds is 6. The monoisotopic (exact) mass is 326 g/mol. The lowest BCUT2D eigenvalue weighted by Crippen LogP contribution is -2.55. The third-order valence-corrected chi connectivity index (χ3v) is 4.33. The first kappa shape index (κ1) is 18.2. The zero-order valence-electron chi connectivity index (χ0n) is 13.5. The molecule has 6 nitrogen and oxygen atoms in total. The summed E-state index contributed by atoms with van der Waals surface area (Å²) in [6.45, 7) is 4.42. The summed E-state index contributed by atoms with van der Waals surface area (Å²) >= 11 is 0. The number of aliphatic hydroxyl groups is 4. The minimum absolute atomic E-state index is 0.433. The van der Waals surface area contributed by atoms with E-state index in [9.17, 15) is 20.4 Å². The van der Waals surface area contributed by atoms with Gasteiger partial charge >= 0.3 is 0 Å². The summed E-state index contributed by atoms with van der Waals surface area (Å²) in [6.07, 6.45) is -4.65. The highest BCUT2D eigenvalue weighted by Gasteiger charge is 2.43. The van der Waals surface area contributed by atoms with E-state index < -0.39 is 37.1 Å². The van der Waals surface area contributed by atoms with E-state index in [1.165, 1.54) is 0 Å². The molecule has 23 heavy (non-hydrogen) atoms. The normalized spacial score (nSPS) is 32.5. The average molecular weight is 326 g/mol. The molecule has 1 aromatic carbocycles. The van der Waals surface area contributed by atoms with Gasteiger partial charge in [0.1, 0.15) is 36.3 Å². The van der Waals surface area contributed by atoms with E-state index in [0.717, 1.165) is 12.2 Å². The van der Waals surface area contributed by atoms with Crippen molar-refractivity contribution in [3.05, 3.63) is 29.8 Å². The van der Waals surface area contributed by atoms with Crippen molar-refractivity contribution in [1.29, 1.82) is 0 Å². The van der Waals surface area contributed by atoms with Gasteiger partial charge < -0.3 is 29.9 Å². The van der Waals surface area contributed by atoms with Crippen LogP contribution >= 0.6 is 0 Å². The second-order valence-corrected chi connectivity index (χ2v) is 6.14. The number of ether oxygens (including phenoxy) is 2. The Bertz CT molecular complexity index is 474. The summed E-state index contributed by atoms with van der Waals surface area (Å²) in [6, 6.07) is 7.05. The smallest absolute Gasteiger partial charge is 0.119 e. The Morgan fingerprint density at radius 3 is 2.30 bits per heavy atom. The lowest BCUT2D eigenvalue weighted by atomic mass is 9.91. The molecule has 0 amide bonds. The number of benzene rings is 1. The number of aliphatic hydroxyl groups excluding tert-OH is 4. The molecule has 0 spiro atoms. The summed E-state index contributed by atoms with van der Waals surface area (Å²) in [5.74, 6) is 1.19. The van der Waals surface area contributed by atoms with Crippen LogP contribution < -0.4 is 4.74 Å². The summed E-state index contributed by atoms with van der Waals surface area (Å²) in [5.41, 5.74) is 0.651. The highest BCUT2D eigenvalue weighted by Crippen LogP contribution is 2.33. The molecule has 0 bridgehead atoms. The molecule has 6 heteroatoms. The van der Waals surface area contributed by atoms with Crippen molar-refractivity contribution >= 4 is 0 Å². The van der Waals surface area contributed by atoms with E-state index in [1.807, 2.05) is 0 Å². The Morgan fingerprint density at radius 1 is 1.09 bits per heavy atom. The van der Waals surface area contributed by atoms with E-state index in [4.69, 9.17) is 9.47 Å². The standard InChI is InChI=1S/C17H26O6/c1-3-10(2)9-22-12-6-4-11(5-7-12)17-16(21)15(20)14(19)13(8-18)23-17/h4-7,10,13-21H,3,8-9H2,1-2H3/t10-,13+,14+,15-,16-,17?/m0/s1. The second-order valence-electron chi connectivity index (χ2n) is 6.14. The molecule has 1 fully saturated rings. The molecule has 1 aliphatic heterocycles. The van der Waals surface area contributed by atoms with Crippen molar-refractivity contribution in [2.24, 2.45) is 5.92 Å². The fraction of sp³-hybridized carbons (Fsp3) is 0.647. The van der Waals surface area contributed by atoms with Crippen molar-refractivity contribution < 1.29 is 29.9 Å². The highest BCUT2D eigenvalue weighted by molar-refractivity contribution is 5.29. The van der Waals surface area contributed by atoms with Gasteiger partial charge in [-0.2, -0.15) is 0 Å². The summed E-state index contributed by atoms with van der Waals surface area (Å²) < 4.78 is 11.2. The second kappa shape index (κ2) is 8.08. The lowest BCUT2D eigenvalue weighted by Gasteiger charge is -2.40. The minimum Gasteiger partial charge on any atom is -0.493 e. The van der Waals surface area contributed by atoms with Gasteiger partial charge in [-0.15, -0.1) is 0 Å². The molecular weight excluding hydrogens is 300 g/mol. The molecule has 2 rings (SSSR count). The zero-order chi connectivity index (χ0) is 17.0. The largest absolute Gasteiger partial charge is 0.493 e. The molecule has 0 saturated carbocycles. The van der Waals surface area contributed by atoms with Crippen molar-refractivity contribution in [2.75, 3.05) is 13.2 Å². The Morgan fingerprint density at radius 2 is 1.74 bits per heavy atom. The molecule has 6 atom stereocenters. The van der Waals surface area contributed by atoms with Gasteiger partial charge in [-0.25, -0.2) is 0 Å². The van der Waals surface area contributed by atoms with Gasteiger partial charge in [-0.05, 0) is 23.6 Å². The molecule has 0 radical (unpaired) electrons. The summed E-state index contributed by atoms with van der Waals surface area (Å²) in [5, 5.41) is 39.0. The molecule has 0 aromatic heterocycles. The topological polar surface area (TPSA) is 99.4 Å². The van der Waals surface area contributed by atoms with Crippen molar-refractivity contribution in [2.45, 2.75) is 50.8 Å². The van der Waals surface area contributed by atoms with Gasteiger partial charge in [0.05, 0.1) is 13.2 Å². The van der Waals surface area contributed by atoms with E-state index in [1.54, 1.807) is 24.3 Å². The van der Waals surface area contributed by atoms with Crippen molar-refractivity contribution in [3.8, 4) is 5.75 Å². The Labute approximate surface area is 136 Å². The van der Waals surface area contributed by atoms with Gasteiger partial charge in [-0.1, -0.05) is 32.4 Å². The first-order valence-corrected chi connectivity index (χ1v) is 8.01. The van der Waals surface area contributed by atoms with Gasteiger partial charge in [0.25, 0.3) is 0 Å². The quantitative estimate of drug-likeness (QED) is 0.612. The van der Waals surface area contributed by atoms with Gasteiger partial charge in [0, 0.05) is 0 Å². The predicted molar refractivity (Wildman–Crippen MR) is 84.1 cm³/mol. The third-order valence-electron chi connectivity index (χ3n) is 4.33. The molecule has 130 valence electrons. The average Bonchev–Trinajstić information content (AvgIpc) is 2.58. The maximum atomic E-state index is 10.1. The fourth-order valence-corrected chi connectivity index (χ4v) is 2.49. The van der Waals surface area contributed by atoms with Crippen LogP contribution in [0.4, 0.5) is 0 Å². The maximum absolute atomic E-state index is 10.1. The molecule has 1 aromatic rings. The SMILES string of the molecule is CC[C@H](C)COc1ccc(C2O[C@H](CO)[C@@H](O)[C@H](O)[C@@H]2O)cc1. The molecule has 1 aliphatic rings. The Balaban J connectivity index is 2.06. The lowest BCUT2D eigenvalue weighted by molar-refractivity contribution is -0.231. The molecule has 1 heterocycles. The first-order valence-electron chi connectivity index (χ1n) is 8.01. The van der Waals surface area contributed by atoms with Crippen LogP contribution in [0.1, 0.15) is 31.9 Å². The predicted octanol–water partition coefficient (Wildman–Crippen LogP) is 0.626. The van der Waals surface area contributed by atoms with Crippen LogP contribution in [-0.2, 0) is 4.74 Å². The van der Waals surface area contributed by atoms with E-state index in [2.05, 4.69) is 13.8 Å². The first-order chi connectivity index (χ1) is 11.0. The van der Waals surface area contributed by atoms with Gasteiger partial charge in [0.15, 0.2) is 0 Å². The maximum Gasteiger partial charge on any atom is 0.119 e. The van der Waals surface area contributed by atoms with E-state index in [-0.39, 0.29) is 0 Å². The molecule has 1 unspecified atom stereocenters. The van der Waals surface area contributed by atoms with Crippen LogP contribution in [0, 0.1) is 5.92 Å². The minimum atomic E-state index is -1.37. The van der Waals surface area contributed by atoms with Gasteiger partial charge in [0.2, 0.25) is 0 Å². The van der Waals surface area contributed by atoms with Crippen LogP contribution in [0.2, 0.25) is 0 Å². The molecule has 1 saturated heterocycles. The highest BCUT2D eigenvalue weighted by atomic mass is 16.5. The van der Waals surface area contributed by atoms with E-state index >= 15 is 0 Å². The third kappa shape index (κ3) is 4.22. The Kier molecular flexibility index (Phi) is 6.38. The summed E-state index contributed by atoms with van der Waals surface area (Å²) in [7, 11) is 0. The number of hydrogen-bond donors (Lipinski definition) is 4. The van der Waals surface area contributed by atoms with Gasteiger partial charge in [-0.3, -0.25) is 0 Å². The van der Waals surface area contributed by atoms with Crippen LogP contribution in [0.3, 0.4) is 0 Å². The molecular formula is C17H26O6. The van der Waals surface area contributed by atoms with Crippen LogP contribution in [0.15, 0.2) is 24.3 Å². The van der Waals surface area contributed by atoms with Crippen LogP contribution in [-0.4, -0.2) is 58.1 Å². The van der Waals surface area contributed by atoms with Crippen molar-refractivity contribution in [1.82, 2.24) is 0 Å².